The smallest absolute Gasteiger partial charge is 0.416 e. The summed E-state index contributed by atoms with van der Waals surface area (Å²) in [5.41, 5.74) is 1.13. The van der Waals surface area contributed by atoms with Gasteiger partial charge in [0, 0.05) is 26.1 Å². The average Bonchev–Trinajstić information content (AvgIpc) is 2.67. The number of halogens is 3. The van der Waals surface area contributed by atoms with Crippen LogP contribution in [0.1, 0.15) is 23.6 Å². The molecule has 0 heterocycles. The van der Waals surface area contributed by atoms with Crippen LogP contribution in [0, 0.1) is 0 Å². The Labute approximate surface area is 167 Å². The van der Waals surface area contributed by atoms with Crippen molar-refractivity contribution in [2.24, 2.45) is 0 Å². The molecule has 0 aliphatic carbocycles. The maximum absolute atomic E-state index is 13.2. The molecule has 1 amide bonds. The molecule has 5 nitrogen and oxygen atoms in total. The Balaban J connectivity index is 2.63. The van der Waals surface area contributed by atoms with Crippen molar-refractivity contribution in [1.29, 1.82) is 0 Å². The molecule has 2 aromatic carbocycles. The first-order valence-corrected chi connectivity index (χ1v) is 8.72. The topological polar surface area (TPSA) is 55.8 Å². The van der Waals surface area contributed by atoms with Gasteiger partial charge in [-0.25, -0.2) is 0 Å². The van der Waals surface area contributed by atoms with E-state index in [4.69, 9.17) is 4.74 Å². The first-order valence-electron chi connectivity index (χ1n) is 8.72. The third kappa shape index (κ3) is 5.49. The highest BCUT2D eigenvalue weighted by Gasteiger charge is 2.31. The number of hydrogen-bond acceptors (Lipinski definition) is 4. The van der Waals surface area contributed by atoms with Crippen LogP contribution in [0.4, 0.5) is 13.2 Å². The third-order valence-corrected chi connectivity index (χ3v) is 4.51. The van der Waals surface area contributed by atoms with Gasteiger partial charge in [0.2, 0.25) is 5.91 Å². The minimum absolute atomic E-state index is 0.0107. The lowest BCUT2D eigenvalue weighted by Crippen LogP contribution is -2.23. The maximum atomic E-state index is 13.2. The first-order chi connectivity index (χ1) is 13.6. The molecule has 2 aromatic rings. The van der Waals surface area contributed by atoms with Crippen molar-refractivity contribution >= 4 is 11.9 Å². The second-order valence-corrected chi connectivity index (χ2v) is 6.53. The molecule has 156 valence electrons. The Kier molecular flexibility index (Phi) is 6.89. The Hall–Kier alpha value is -3.03. The van der Waals surface area contributed by atoms with Gasteiger partial charge in [-0.3, -0.25) is 9.59 Å². The van der Waals surface area contributed by atoms with Crippen molar-refractivity contribution < 1.29 is 32.2 Å². The van der Waals surface area contributed by atoms with Crippen LogP contribution in [0.5, 0.6) is 5.75 Å². The number of nitrogens with zero attached hydrogens (tertiary/aromatic N) is 1. The molecule has 0 aliphatic heterocycles. The van der Waals surface area contributed by atoms with Crippen LogP contribution in [0.15, 0.2) is 36.4 Å². The number of hydrogen-bond donors (Lipinski definition) is 0. The molecule has 0 bridgehead atoms. The van der Waals surface area contributed by atoms with E-state index in [1.165, 1.54) is 39.2 Å². The second kappa shape index (κ2) is 8.98. The number of rotatable bonds is 6. The number of methoxy groups -OCH3 is 2. The summed E-state index contributed by atoms with van der Waals surface area (Å²) in [6.07, 6.45) is -4.50. The van der Waals surface area contributed by atoms with Gasteiger partial charge in [0.05, 0.1) is 26.2 Å². The van der Waals surface area contributed by atoms with E-state index in [2.05, 4.69) is 4.74 Å². The fourth-order valence-electron chi connectivity index (χ4n) is 2.84. The molecule has 0 aliphatic rings. The number of ether oxygens (including phenoxy) is 2. The van der Waals surface area contributed by atoms with Crippen molar-refractivity contribution in [1.82, 2.24) is 4.90 Å². The molecule has 0 spiro atoms. The SMILES string of the molecule is COC(=O)Cc1ccc(OC)c(-c2ccc(C(F)(F)F)cc2CN(C)C(C)=O)c1. The Morgan fingerprint density at radius 1 is 1.03 bits per heavy atom. The average molecular weight is 409 g/mol. The summed E-state index contributed by atoms with van der Waals surface area (Å²) < 4.78 is 49.7. The van der Waals surface area contributed by atoms with E-state index < -0.39 is 17.7 Å². The Bertz CT molecular complexity index is 909. The van der Waals surface area contributed by atoms with E-state index in [1.807, 2.05) is 0 Å². The zero-order chi connectivity index (χ0) is 21.8. The third-order valence-electron chi connectivity index (χ3n) is 4.51. The molecule has 0 N–H and O–H groups in total. The monoisotopic (exact) mass is 409 g/mol. The molecule has 0 radical (unpaired) electrons. The molecule has 2 rings (SSSR count). The van der Waals surface area contributed by atoms with Gasteiger partial charge in [-0.15, -0.1) is 0 Å². The van der Waals surface area contributed by atoms with Crippen LogP contribution < -0.4 is 4.74 Å². The quantitative estimate of drug-likeness (QED) is 0.675. The van der Waals surface area contributed by atoms with E-state index in [9.17, 15) is 22.8 Å². The lowest BCUT2D eigenvalue weighted by molar-refractivity contribution is -0.140. The van der Waals surface area contributed by atoms with Crippen molar-refractivity contribution in [3.63, 3.8) is 0 Å². The number of alkyl halides is 3. The van der Waals surface area contributed by atoms with Crippen LogP contribution >= 0.6 is 0 Å². The minimum atomic E-state index is -4.51. The highest BCUT2D eigenvalue weighted by Crippen LogP contribution is 2.37. The summed E-state index contributed by atoms with van der Waals surface area (Å²) in [6, 6.07) is 8.37. The normalized spacial score (nSPS) is 11.1. The van der Waals surface area contributed by atoms with Crippen LogP contribution in [-0.2, 0) is 33.5 Å². The lowest BCUT2D eigenvalue weighted by atomic mass is 9.94. The zero-order valence-corrected chi connectivity index (χ0v) is 16.6. The second-order valence-electron chi connectivity index (χ2n) is 6.53. The van der Waals surface area contributed by atoms with E-state index >= 15 is 0 Å². The Morgan fingerprint density at radius 2 is 1.72 bits per heavy atom. The van der Waals surface area contributed by atoms with Gasteiger partial charge >= 0.3 is 12.1 Å². The molecule has 0 unspecified atom stereocenters. The predicted molar refractivity (Wildman–Crippen MR) is 101 cm³/mol. The molecule has 0 aromatic heterocycles. The van der Waals surface area contributed by atoms with E-state index in [0.717, 1.165) is 12.1 Å². The fraction of sp³-hybridized carbons (Fsp3) is 0.333. The van der Waals surface area contributed by atoms with Gasteiger partial charge < -0.3 is 14.4 Å². The van der Waals surface area contributed by atoms with Crippen molar-refractivity contribution in [3.8, 4) is 16.9 Å². The molecule has 0 saturated heterocycles. The molecule has 0 fully saturated rings. The highest BCUT2D eigenvalue weighted by atomic mass is 19.4. The standard InChI is InChI=1S/C21H22F3NO4/c1-13(26)25(2)12-15-11-16(21(22,23)24)6-7-17(15)18-9-14(10-20(27)29-4)5-8-19(18)28-3/h5-9,11H,10,12H2,1-4H3. The predicted octanol–water partition coefficient (Wildman–Crippen LogP) is 4.07. The van der Waals surface area contributed by atoms with Crippen molar-refractivity contribution in [2.75, 3.05) is 21.3 Å². The van der Waals surface area contributed by atoms with Gasteiger partial charge in [0.15, 0.2) is 0 Å². The van der Waals surface area contributed by atoms with Crippen molar-refractivity contribution in [2.45, 2.75) is 26.1 Å². The maximum Gasteiger partial charge on any atom is 0.416 e. The van der Waals surface area contributed by atoms with E-state index in [0.29, 0.717) is 28.0 Å². The molecule has 29 heavy (non-hydrogen) atoms. The summed E-state index contributed by atoms with van der Waals surface area (Å²) in [5.74, 6) is -0.282. The number of carbonyl (C=O) groups excluding carboxylic acids is 2. The summed E-state index contributed by atoms with van der Waals surface area (Å²) >= 11 is 0. The molecule has 0 atom stereocenters. The van der Waals surface area contributed by atoms with Crippen molar-refractivity contribution in [3.05, 3.63) is 53.1 Å². The number of esters is 1. The van der Waals surface area contributed by atoms with E-state index in [-0.39, 0.29) is 18.9 Å². The summed E-state index contributed by atoms with van der Waals surface area (Å²) in [5, 5.41) is 0. The van der Waals surface area contributed by atoms with Crippen LogP contribution in [0.2, 0.25) is 0 Å². The van der Waals surface area contributed by atoms with Gasteiger partial charge in [0.1, 0.15) is 5.75 Å². The Morgan fingerprint density at radius 3 is 2.28 bits per heavy atom. The zero-order valence-electron chi connectivity index (χ0n) is 16.6. The molecule has 8 heteroatoms. The van der Waals surface area contributed by atoms with Gasteiger partial charge in [-0.05, 0) is 41.0 Å². The van der Waals surface area contributed by atoms with E-state index in [1.54, 1.807) is 18.2 Å². The van der Waals surface area contributed by atoms with Gasteiger partial charge in [-0.2, -0.15) is 13.2 Å². The number of amides is 1. The van der Waals surface area contributed by atoms with Crippen LogP contribution in [0.25, 0.3) is 11.1 Å². The van der Waals surface area contributed by atoms with Gasteiger partial charge in [-0.1, -0.05) is 12.1 Å². The molecular formula is C21H22F3NO4. The lowest BCUT2D eigenvalue weighted by Gasteiger charge is -2.21. The highest BCUT2D eigenvalue weighted by molar-refractivity contribution is 5.78. The largest absolute Gasteiger partial charge is 0.496 e. The summed E-state index contributed by atoms with van der Waals surface area (Å²) in [4.78, 5) is 24.6. The molecular weight excluding hydrogens is 387 g/mol. The number of carbonyl (C=O) groups is 2. The summed E-state index contributed by atoms with van der Waals surface area (Å²) in [7, 11) is 4.24. The minimum Gasteiger partial charge on any atom is -0.496 e. The van der Waals surface area contributed by atoms with Crippen LogP contribution in [0.3, 0.4) is 0 Å². The first kappa shape index (κ1) is 22.3. The van der Waals surface area contributed by atoms with Gasteiger partial charge in [0.25, 0.3) is 0 Å². The van der Waals surface area contributed by atoms with Crippen LogP contribution in [-0.4, -0.2) is 38.0 Å². The fourth-order valence-corrected chi connectivity index (χ4v) is 2.84. The number of benzene rings is 2. The summed E-state index contributed by atoms with van der Waals surface area (Å²) in [6.45, 7) is 1.32. The molecule has 0 saturated carbocycles.